The molecule has 0 saturated carbocycles. The highest BCUT2D eigenvalue weighted by Crippen LogP contribution is 2.27. The first-order valence-corrected chi connectivity index (χ1v) is 7.03. The van der Waals surface area contributed by atoms with Gasteiger partial charge in [-0.3, -0.25) is 4.98 Å². The first-order valence-electron chi connectivity index (χ1n) is 7.03. The smallest absolute Gasteiger partial charge is 0.399 e. The van der Waals surface area contributed by atoms with Crippen LogP contribution in [0.5, 0.6) is 11.8 Å². The quantitative estimate of drug-likeness (QED) is 0.701. The van der Waals surface area contributed by atoms with Crippen molar-refractivity contribution >= 4 is 10.9 Å². The lowest BCUT2D eigenvalue weighted by Gasteiger charge is -2.04. The number of rotatable bonds is 6. The molecule has 108 valence electrons. The van der Waals surface area contributed by atoms with E-state index in [1.54, 1.807) is 12.5 Å². The van der Waals surface area contributed by atoms with E-state index in [0.717, 1.165) is 29.6 Å². The Morgan fingerprint density at radius 1 is 1.24 bits per heavy atom. The third-order valence-corrected chi connectivity index (χ3v) is 3.06. The zero-order valence-corrected chi connectivity index (χ0v) is 11.9. The fraction of sp³-hybridized carbons (Fsp3) is 0.250. The first-order chi connectivity index (χ1) is 10.4. The average Bonchev–Trinajstić information content (AvgIpc) is 2.96. The van der Waals surface area contributed by atoms with Gasteiger partial charge >= 0.3 is 6.08 Å². The fourth-order valence-corrected chi connectivity index (χ4v) is 2.06. The summed E-state index contributed by atoms with van der Waals surface area (Å²) in [6.45, 7) is 3.75. The molecule has 2 heterocycles. The summed E-state index contributed by atoms with van der Waals surface area (Å²) in [7, 11) is 0. The molecule has 0 aliphatic carbocycles. The molecule has 0 aliphatic rings. The highest BCUT2D eigenvalue weighted by atomic mass is 16.6. The summed E-state index contributed by atoms with van der Waals surface area (Å²) >= 11 is 0. The average molecular weight is 283 g/mol. The minimum absolute atomic E-state index is 0.237. The van der Waals surface area contributed by atoms with E-state index < -0.39 is 0 Å². The number of pyridine rings is 1. The van der Waals surface area contributed by atoms with Gasteiger partial charge in [0.05, 0.1) is 5.69 Å². The van der Waals surface area contributed by atoms with Crippen molar-refractivity contribution in [3.63, 3.8) is 0 Å². The van der Waals surface area contributed by atoms with Crippen molar-refractivity contribution in [3.8, 4) is 11.8 Å². The molecule has 1 aromatic carbocycles. The van der Waals surface area contributed by atoms with Crippen LogP contribution in [0.3, 0.4) is 0 Å². The molecule has 0 aliphatic heterocycles. The maximum absolute atomic E-state index is 5.71. The van der Waals surface area contributed by atoms with Gasteiger partial charge < -0.3 is 14.5 Å². The molecule has 5 heteroatoms. The number of hydrogen-bond acceptors (Lipinski definition) is 5. The number of para-hydroxylation sites is 1. The molecule has 0 saturated heterocycles. The monoisotopic (exact) mass is 283 g/mol. The molecule has 3 aromatic rings. The van der Waals surface area contributed by atoms with Crippen LogP contribution in [0.15, 0.2) is 47.2 Å². The van der Waals surface area contributed by atoms with E-state index in [2.05, 4.69) is 22.2 Å². The maximum atomic E-state index is 5.71. The van der Waals surface area contributed by atoms with Gasteiger partial charge in [0.15, 0.2) is 5.75 Å². The summed E-state index contributed by atoms with van der Waals surface area (Å²) < 4.78 is 11.1. The van der Waals surface area contributed by atoms with Crippen molar-refractivity contribution in [2.24, 2.45) is 0 Å². The van der Waals surface area contributed by atoms with Crippen LogP contribution in [0.25, 0.3) is 10.9 Å². The second kappa shape index (κ2) is 6.37. The van der Waals surface area contributed by atoms with E-state index in [1.165, 1.54) is 0 Å². The van der Waals surface area contributed by atoms with Crippen molar-refractivity contribution in [3.05, 3.63) is 48.5 Å². The van der Waals surface area contributed by atoms with Crippen molar-refractivity contribution in [2.75, 3.05) is 6.54 Å². The van der Waals surface area contributed by atoms with Gasteiger partial charge in [-0.1, -0.05) is 25.1 Å². The molecule has 1 N–H and O–H groups in total. The Bertz CT molecular complexity index is 719. The first kappa shape index (κ1) is 13.6. The molecule has 0 unspecified atom stereocenters. The molecule has 0 spiro atoms. The van der Waals surface area contributed by atoms with Crippen molar-refractivity contribution < 1.29 is 9.15 Å². The number of nitrogens with zero attached hydrogens (tertiary/aromatic N) is 2. The second-order valence-corrected chi connectivity index (χ2v) is 4.71. The third-order valence-electron chi connectivity index (χ3n) is 3.06. The number of fused-ring (bicyclic) bond motifs is 1. The molecule has 0 amide bonds. The van der Waals surface area contributed by atoms with Crippen LogP contribution >= 0.6 is 0 Å². The van der Waals surface area contributed by atoms with Crippen LogP contribution in [0.4, 0.5) is 0 Å². The fourth-order valence-electron chi connectivity index (χ4n) is 2.06. The number of benzene rings is 1. The highest BCUT2D eigenvalue weighted by molar-refractivity contribution is 5.84. The molecule has 0 atom stereocenters. The molecule has 0 radical (unpaired) electrons. The van der Waals surface area contributed by atoms with Crippen LogP contribution in [-0.2, 0) is 6.54 Å². The lowest BCUT2D eigenvalue weighted by atomic mass is 10.2. The van der Waals surface area contributed by atoms with Gasteiger partial charge in [-0.25, -0.2) is 0 Å². The van der Waals surface area contributed by atoms with Gasteiger partial charge in [0, 0.05) is 18.1 Å². The maximum Gasteiger partial charge on any atom is 0.399 e. The number of hydrogen-bond donors (Lipinski definition) is 1. The van der Waals surface area contributed by atoms with E-state index in [9.17, 15) is 0 Å². The number of nitrogens with one attached hydrogen (secondary N) is 1. The minimum Gasteiger partial charge on any atom is -0.417 e. The zero-order chi connectivity index (χ0) is 14.5. The van der Waals surface area contributed by atoms with E-state index in [-0.39, 0.29) is 6.08 Å². The minimum atomic E-state index is 0.237. The Morgan fingerprint density at radius 2 is 2.14 bits per heavy atom. The SMILES string of the molecule is CCCNCc1coc(Oc2cccc3cccnc23)n1. The number of ether oxygens (including phenoxy) is 1. The molecule has 0 fully saturated rings. The normalized spacial score (nSPS) is 10.9. The van der Waals surface area contributed by atoms with Gasteiger partial charge in [-0.05, 0) is 25.1 Å². The van der Waals surface area contributed by atoms with Gasteiger partial charge in [-0.2, -0.15) is 4.98 Å². The van der Waals surface area contributed by atoms with Crippen LogP contribution in [0.2, 0.25) is 0 Å². The van der Waals surface area contributed by atoms with Crippen molar-refractivity contribution in [2.45, 2.75) is 19.9 Å². The van der Waals surface area contributed by atoms with Gasteiger partial charge in [0.1, 0.15) is 11.8 Å². The Hall–Kier alpha value is -2.40. The Morgan fingerprint density at radius 3 is 3.05 bits per heavy atom. The van der Waals surface area contributed by atoms with Gasteiger partial charge in [-0.15, -0.1) is 0 Å². The van der Waals surface area contributed by atoms with Gasteiger partial charge in [0.2, 0.25) is 0 Å². The molecule has 3 rings (SSSR count). The van der Waals surface area contributed by atoms with Crippen molar-refractivity contribution in [1.29, 1.82) is 0 Å². The van der Waals surface area contributed by atoms with E-state index >= 15 is 0 Å². The molecule has 2 aromatic heterocycles. The predicted molar refractivity (Wildman–Crippen MR) is 80.3 cm³/mol. The van der Waals surface area contributed by atoms with Crippen LogP contribution < -0.4 is 10.1 Å². The Labute approximate surface area is 123 Å². The lowest BCUT2D eigenvalue weighted by molar-refractivity contribution is 0.333. The largest absolute Gasteiger partial charge is 0.417 e. The van der Waals surface area contributed by atoms with Crippen molar-refractivity contribution in [1.82, 2.24) is 15.3 Å². The van der Waals surface area contributed by atoms with Crippen LogP contribution in [0, 0.1) is 0 Å². The number of aromatic nitrogens is 2. The molecule has 21 heavy (non-hydrogen) atoms. The third kappa shape index (κ3) is 3.20. The van der Waals surface area contributed by atoms with E-state index in [1.807, 2.05) is 30.3 Å². The summed E-state index contributed by atoms with van der Waals surface area (Å²) in [6.07, 6.45) is 4.67. The molecular weight excluding hydrogens is 266 g/mol. The molecule has 0 bridgehead atoms. The zero-order valence-electron chi connectivity index (χ0n) is 11.9. The molecule has 5 nitrogen and oxygen atoms in total. The predicted octanol–water partition coefficient (Wildman–Crippen LogP) is 3.51. The molecular formula is C16H17N3O2. The Kier molecular flexibility index (Phi) is 4.12. The highest BCUT2D eigenvalue weighted by Gasteiger charge is 2.09. The topological polar surface area (TPSA) is 60.2 Å². The number of oxazole rings is 1. The Balaban J connectivity index is 1.76. The van der Waals surface area contributed by atoms with E-state index in [0.29, 0.717) is 12.3 Å². The van der Waals surface area contributed by atoms with Gasteiger partial charge in [0.25, 0.3) is 0 Å². The summed E-state index contributed by atoms with van der Waals surface area (Å²) in [5.41, 5.74) is 1.62. The summed E-state index contributed by atoms with van der Waals surface area (Å²) in [5.74, 6) is 0.642. The second-order valence-electron chi connectivity index (χ2n) is 4.71. The summed E-state index contributed by atoms with van der Waals surface area (Å²) in [6, 6.07) is 9.66. The standard InChI is InChI=1S/C16H17N3O2/c1-2-8-17-10-13-11-20-16(19-13)21-14-7-3-5-12-6-4-9-18-15(12)14/h3-7,9,11,17H,2,8,10H2,1H3. The van der Waals surface area contributed by atoms with Crippen LogP contribution in [-0.4, -0.2) is 16.5 Å². The summed E-state index contributed by atoms with van der Waals surface area (Å²) in [4.78, 5) is 8.64. The summed E-state index contributed by atoms with van der Waals surface area (Å²) in [5, 5.41) is 4.29. The van der Waals surface area contributed by atoms with Crippen LogP contribution in [0.1, 0.15) is 19.0 Å². The lowest BCUT2D eigenvalue weighted by Crippen LogP contribution is -2.13. The van der Waals surface area contributed by atoms with E-state index in [4.69, 9.17) is 9.15 Å².